The minimum absolute atomic E-state index is 0.0264. The normalized spacial score (nSPS) is 11.0. The number of amides is 1. The molecule has 2 heterocycles. The summed E-state index contributed by atoms with van der Waals surface area (Å²) in [5.41, 5.74) is 0.462. The molecule has 0 aliphatic rings. The molecular formula is C19H13ClF2N6O2. The van der Waals surface area contributed by atoms with Gasteiger partial charge in [0.2, 0.25) is 5.91 Å². The first-order valence-corrected chi connectivity index (χ1v) is 9.06. The molecule has 0 saturated carbocycles. The van der Waals surface area contributed by atoms with Crippen molar-refractivity contribution in [2.45, 2.75) is 13.1 Å². The Morgan fingerprint density at radius 3 is 2.70 bits per heavy atom. The topological polar surface area (TPSA) is 94.7 Å². The van der Waals surface area contributed by atoms with Crippen LogP contribution < -0.4 is 10.9 Å². The lowest BCUT2D eigenvalue weighted by Crippen LogP contribution is -2.28. The summed E-state index contributed by atoms with van der Waals surface area (Å²) in [5, 5.41) is 10.3. The predicted molar refractivity (Wildman–Crippen MR) is 105 cm³/mol. The standard InChI is InChI=1S/C19H13ClF2N6O2/c20-14-7-13(22)4-5-15(14)24-16(29)9-27-10-23-18-17(19(27)30)25-26-28(18)8-11-2-1-3-12(21)6-11/h1-7,10H,8-9H2,(H,24,29). The van der Waals surface area contributed by atoms with Crippen LogP contribution >= 0.6 is 11.6 Å². The molecular weight excluding hydrogens is 418 g/mol. The fourth-order valence-corrected chi connectivity index (χ4v) is 3.06. The highest BCUT2D eigenvalue weighted by molar-refractivity contribution is 6.33. The van der Waals surface area contributed by atoms with E-state index < -0.39 is 17.3 Å². The van der Waals surface area contributed by atoms with Crippen LogP contribution in [0.5, 0.6) is 0 Å². The maximum Gasteiger partial charge on any atom is 0.283 e. The van der Waals surface area contributed by atoms with Crippen LogP contribution in [-0.4, -0.2) is 30.5 Å². The monoisotopic (exact) mass is 430 g/mol. The lowest BCUT2D eigenvalue weighted by atomic mass is 10.2. The lowest BCUT2D eigenvalue weighted by molar-refractivity contribution is -0.116. The van der Waals surface area contributed by atoms with Crippen LogP contribution in [0.25, 0.3) is 11.2 Å². The number of anilines is 1. The Kier molecular flexibility index (Phi) is 5.23. The lowest BCUT2D eigenvalue weighted by Gasteiger charge is -2.08. The molecule has 30 heavy (non-hydrogen) atoms. The Hall–Kier alpha value is -3.66. The summed E-state index contributed by atoms with van der Waals surface area (Å²) in [6.45, 7) is -0.180. The summed E-state index contributed by atoms with van der Waals surface area (Å²) in [6, 6.07) is 9.48. The van der Waals surface area contributed by atoms with Crippen molar-refractivity contribution in [2.75, 3.05) is 5.32 Å². The van der Waals surface area contributed by atoms with Gasteiger partial charge in [-0.2, -0.15) is 0 Å². The summed E-state index contributed by atoms with van der Waals surface area (Å²) in [6.07, 6.45) is 1.20. The number of halogens is 3. The first kappa shape index (κ1) is 19.6. The average molecular weight is 431 g/mol. The minimum atomic E-state index is -0.564. The molecule has 8 nitrogen and oxygen atoms in total. The van der Waals surface area contributed by atoms with Crippen LogP contribution in [0, 0.1) is 11.6 Å². The number of nitrogens with one attached hydrogen (secondary N) is 1. The van der Waals surface area contributed by atoms with Crippen molar-refractivity contribution in [1.82, 2.24) is 24.5 Å². The van der Waals surface area contributed by atoms with Gasteiger partial charge in [-0.1, -0.05) is 28.9 Å². The van der Waals surface area contributed by atoms with Crippen LogP contribution in [0.3, 0.4) is 0 Å². The van der Waals surface area contributed by atoms with Gasteiger partial charge in [0, 0.05) is 0 Å². The second-order valence-electron chi connectivity index (χ2n) is 6.40. The molecule has 0 aliphatic heterocycles. The van der Waals surface area contributed by atoms with E-state index in [1.165, 1.54) is 29.2 Å². The highest BCUT2D eigenvalue weighted by Gasteiger charge is 2.15. The zero-order chi connectivity index (χ0) is 21.3. The zero-order valence-electron chi connectivity index (χ0n) is 15.2. The molecule has 2 aromatic heterocycles. The predicted octanol–water partition coefficient (Wildman–Crippen LogP) is 2.61. The molecule has 0 aliphatic carbocycles. The third-order valence-electron chi connectivity index (χ3n) is 4.23. The van der Waals surface area contributed by atoms with Crippen LogP contribution in [-0.2, 0) is 17.9 Å². The van der Waals surface area contributed by atoms with Gasteiger partial charge in [-0.05, 0) is 35.9 Å². The molecule has 4 aromatic rings. The molecule has 0 saturated heterocycles. The van der Waals surface area contributed by atoms with Gasteiger partial charge in [0.15, 0.2) is 11.2 Å². The van der Waals surface area contributed by atoms with Crippen LogP contribution in [0.15, 0.2) is 53.6 Å². The number of nitrogens with zero attached hydrogens (tertiary/aromatic N) is 5. The van der Waals surface area contributed by atoms with E-state index in [4.69, 9.17) is 11.6 Å². The van der Waals surface area contributed by atoms with Crippen molar-refractivity contribution < 1.29 is 13.6 Å². The minimum Gasteiger partial charge on any atom is -0.323 e. The maximum atomic E-state index is 13.4. The van der Waals surface area contributed by atoms with Crippen LogP contribution in [0.2, 0.25) is 5.02 Å². The molecule has 2 aromatic carbocycles. The Morgan fingerprint density at radius 1 is 1.13 bits per heavy atom. The molecule has 1 amide bonds. The second kappa shape index (κ2) is 7.99. The van der Waals surface area contributed by atoms with Gasteiger partial charge < -0.3 is 5.32 Å². The number of hydrogen-bond acceptors (Lipinski definition) is 5. The highest BCUT2D eigenvalue weighted by atomic mass is 35.5. The fraction of sp³-hybridized carbons (Fsp3) is 0.105. The van der Waals surface area contributed by atoms with E-state index in [0.29, 0.717) is 5.56 Å². The summed E-state index contributed by atoms with van der Waals surface area (Å²) < 4.78 is 28.9. The van der Waals surface area contributed by atoms with Gasteiger partial charge in [0.1, 0.15) is 24.5 Å². The van der Waals surface area contributed by atoms with Gasteiger partial charge in [-0.3, -0.25) is 14.2 Å². The molecule has 0 radical (unpaired) electrons. The van der Waals surface area contributed by atoms with E-state index in [1.807, 2.05) is 0 Å². The highest BCUT2D eigenvalue weighted by Crippen LogP contribution is 2.22. The van der Waals surface area contributed by atoms with E-state index in [-0.39, 0.29) is 40.8 Å². The number of benzene rings is 2. The number of carbonyl (C=O) groups is 1. The third-order valence-corrected chi connectivity index (χ3v) is 4.55. The van der Waals surface area contributed by atoms with E-state index in [9.17, 15) is 18.4 Å². The Labute approximate surface area is 172 Å². The molecule has 0 spiro atoms. The molecule has 4 rings (SSSR count). The van der Waals surface area contributed by atoms with Crippen molar-refractivity contribution >= 4 is 34.4 Å². The van der Waals surface area contributed by atoms with Gasteiger partial charge >= 0.3 is 0 Å². The summed E-state index contributed by atoms with van der Waals surface area (Å²) in [5.74, 6) is -1.48. The van der Waals surface area contributed by atoms with Crippen LogP contribution in [0.4, 0.5) is 14.5 Å². The van der Waals surface area contributed by atoms with E-state index in [1.54, 1.807) is 12.1 Å². The summed E-state index contributed by atoms with van der Waals surface area (Å²) in [4.78, 5) is 29.1. The Morgan fingerprint density at radius 2 is 1.93 bits per heavy atom. The quantitative estimate of drug-likeness (QED) is 0.525. The van der Waals surface area contributed by atoms with Gasteiger partial charge in [0.25, 0.3) is 5.56 Å². The van der Waals surface area contributed by atoms with Crippen molar-refractivity contribution in [3.8, 4) is 0 Å². The number of carbonyl (C=O) groups excluding carboxylic acids is 1. The molecule has 0 fully saturated rings. The van der Waals surface area contributed by atoms with Crippen molar-refractivity contribution in [3.63, 3.8) is 0 Å². The van der Waals surface area contributed by atoms with Gasteiger partial charge in [0.05, 0.1) is 17.3 Å². The molecule has 11 heteroatoms. The maximum absolute atomic E-state index is 13.4. The largest absolute Gasteiger partial charge is 0.323 e. The fourth-order valence-electron chi connectivity index (χ4n) is 2.85. The molecule has 0 bridgehead atoms. The van der Waals surface area contributed by atoms with E-state index >= 15 is 0 Å². The summed E-state index contributed by atoms with van der Waals surface area (Å²) >= 11 is 5.88. The van der Waals surface area contributed by atoms with Crippen molar-refractivity contribution in [2.24, 2.45) is 0 Å². The second-order valence-corrected chi connectivity index (χ2v) is 6.81. The first-order chi connectivity index (χ1) is 14.4. The smallest absolute Gasteiger partial charge is 0.283 e. The van der Waals surface area contributed by atoms with E-state index in [0.717, 1.165) is 16.7 Å². The van der Waals surface area contributed by atoms with Crippen molar-refractivity contribution in [1.29, 1.82) is 0 Å². The van der Waals surface area contributed by atoms with E-state index in [2.05, 4.69) is 20.6 Å². The van der Waals surface area contributed by atoms with Crippen LogP contribution in [0.1, 0.15) is 5.56 Å². The zero-order valence-corrected chi connectivity index (χ0v) is 16.0. The number of rotatable bonds is 5. The number of aromatic nitrogens is 5. The molecule has 152 valence electrons. The number of hydrogen-bond donors (Lipinski definition) is 1. The Bertz CT molecular complexity index is 1320. The average Bonchev–Trinajstić information content (AvgIpc) is 3.10. The third kappa shape index (κ3) is 4.03. The molecule has 0 atom stereocenters. The van der Waals surface area contributed by atoms with Gasteiger partial charge in [-0.15, -0.1) is 5.10 Å². The Balaban J connectivity index is 1.55. The number of fused-ring (bicyclic) bond motifs is 1. The molecule has 0 unspecified atom stereocenters. The first-order valence-electron chi connectivity index (χ1n) is 8.68. The summed E-state index contributed by atoms with van der Waals surface area (Å²) in [7, 11) is 0. The van der Waals surface area contributed by atoms with Gasteiger partial charge in [-0.25, -0.2) is 18.4 Å². The van der Waals surface area contributed by atoms with Crippen molar-refractivity contribution in [3.05, 3.63) is 81.4 Å². The SMILES string of the molecule is O=C(Cn1cnc2c(nnn2Cc2cccc(F)c2)c1=O)Nc1ccc(F)cc1Cl. The molecule has 1 N–H and O–H groups in total.